The molecule has 2 rings (SSSR count). The molecule has 2 aromatic rings. The minimum Gasteiger partial charge on any atom is -0.320 e. The van der Waals surface area contributed by atoms with Crippen LogP contribution in [0.4, 0.5) is 16.2 Å². The number of carbonyl (C=O) groups is 1. The highest BCUT2D eigenvalue weighted by Gasteiger charge is 2.12. The predicted octanol–water partition coefficient (Wildman–Crippen LogP) is 3.11. The third-order valence-corrected chi connectivity index (χ3v) is 3.93. The molecule has 0 aliphatic rings. The van der Waals surface area contributed by atoms with Crippen LogP contribution in [0.1, 0.15) is 12.5 Å². The van der Waals surface area contributed by atoms with Crippen LogP contribution < -0.4 is 10.0 Å². The number of nitrogens with zero attached hydrogens (tertiary/aromatic N) is 1. The summed E-state index contributed by atoms with van der Waals surface area (Å²) in [4.78, 5) is 14.1. The number of sulfonamides is 1. The summed E-state index contributed by atoms with van der Waals surface area (Å²) in [7, 11) is -3.31. The SMILES string of the molecule is CCN(Cc1ccccc1)C(=O)Nc1ccc(NS(C)(=O)=O)cc1. The number of amides is 2. The van der Waals surface area contributed by atoms with Crippen molar-refractivity contribution in [3.8, 4) is 0 Å². The smallest absolute Gasteiger partial charge is 0.320 e. The fraction of sp³-hybridized carbons (Fsp3) is 0.235. The maximum Gasteiger partial charge on any atom is 0.322 e. The lowest BCUT2D eigenvalue weighted by atomic mass is 10.2. The average Bonchev–Trinajstić information content (AvgIpc) is 2.54. The molecule has 7 heteroatoms. The molecule has 0 heterocycles. The maximum atomic E-state index is 12.4. The second-order valence-electron chi connectivity index (χ2n) is 5.38. The van der Waals surface area contributed by atoms with Gasteiger partial charge in [0, 0.05) is 24.5 Å². The van der Waals surface area contributed by atoms with Gasteiger partial charge in [-0.2, -0.15) is 0 Å². The first kappa shape index (κ1) is 17.8. The molecule has 128 valence electrons. The molecule has 0 bridgehead atoms. The van der Waals surface area contributed by atoms with Gasteiger partial charge in [0.2, 0.25) is 10.0 Å². The Morgan fingerprint density at radius 2 is 1.58 bits per heavy atom. The van der Waals surface area contributed by atoms with E-state index >= 15 is 0 Å². The van der Waals surface area contributed by atoms with Crippen molar-refractivity contribution in [3.63, 3.8) is 0 Å². The Morgan fingerprint density at radius 1 is 1.00 bits per heavy atom. The van der Waals surface area contributed by atoms with Crippen LogP contribution in [-0.4, -0.2) is 32.1 Å². The molecule has 0 saturated heterocycles. The van der Waals surface area contributed by atoms with Crippen molar-refractivity contribution in [2.24, 2.45) is 0 Å². The third-order valence-electron chi connectivity index (χ3n) is 3.32. The Labute approximate surface area is 142 Å². The molecule has 6 nitrogen and oxygen atoms in total. The van der Waals surface area contributed by atoms with E-state index in [9.17, 15) is 13.2 Å². The van der Waals surface area contributed by atoms with Crippen LogP contribution in [0, 0.1) is 0 Å². The first-order valence-corrected chi connectivity index (χ1v) is 9.44. The first-order chi connectivity index (χ1) is 11.4. The maximum absolute atomic E-state index is 12.4. The van der Waals surface area contributed by atoms with E-state index in [0.717, 1.165) is 11.8 Å². The number of anilines is 2. The van der Waals surface area contributed by atoms with Crippen LogP contribution >= 0.6 is 0 Å². The minimum absolute atomic E-state index is 0.204. The van der Waals surface area contributed by atoms with E-state index in [2.05, 4.69) is 10.0 Å². The summed E-state index contributed by atoms with van der Waals surface area (Å²) in [5.41, 5.74) is 2.11. The van der Waals surface area contributed by atoms with E-state index in [1.165, 1.54) is 0 Å². The van der Waals surface area contributed by atoms with Crippen molar-refractivity contribution in [2.45, 2.75) is 13.5 Å². The highest BCUT2D eigenvalue weighted by Crippen LogP contribution is 2.15. The highest BCUT2D eigenvalue weighted by molar-refractivity contribution is 7.92. The standard InChI is InChI=1S/C17H21N3O3S/c1-3-20(13-14-7-5-4-6-8-14)17(21)18-15-9-11-16(12-10-15)19-24(2,22)23/h4-12,19H,3,13H2,1-2H3,(H,18,21). The molecule has 0 radical (unpaired) electrons. The van der Waals surface area contributed by atoms with Crippen LogP contribution in [0.25, 0.3) is 0 Å². The monoisotopic (exact) mass is 347 g/mol. The molecule has 0 aromatic heterocycles. The summed E-state index contributed by atoms with van der Waals surface area (Å²) in [6.45, 7) is 3.02. The lowest BCUT2D eigenvalue weighted by Crippen LogP contribution is -2.34. The normalized spacial score (nSPS) is 10.9. The Balaban J connectivity index is 1.99. The van der Waals surface area contributed by atoms with Gasteiger partial charge in [-0.3, -0.25) is 4.72 Å². The van der Waals surface area contributed by atoms with Crippen molar-refractivity contribution in [1.82, 2.24) is 4.90 Å². The van der Waals surface area contributed by atoms with Crippen LogP contribution in [0.15, 0.2) is 54.6 Å². The Morgan fingerprint density at radius 3 is 2.12 bits per heavy atom. The minimum atomic E-state index is -3.31. The third kappa shape index (κ3) is 5.58. The molecule has 2 amide bonds. The summed E-state index contributed by atoms with van der Waals surface area (Å²) in [6.07, 6.45) is 1.09. The predicted molar refractivity (Wildman–Crippen MR) is 96.5 cm³/mol. The molecule has 2 N–H and O–H groups in total. The molecule has 0 saturated carbocycles. The van der Waals surface area contributed by atoms with Gasteiger partial charge in [0.15, 0.2) is 0 Å². The summed E-state index contributed by atoms with van der Waals surface area (Å²) >= 11 is 0. The van der Waals surface area contributed by atoms with Gasteiger partial charge in [-0.1, -0.05) is 30.3 Å². The molecule has 0 atom stereocenters. The summed E-state index contributed by atoms with van der Waals surface area (Å²) < 4.78 is 24.7. The van der Waals surface area contributed by atoms with Crippen molar-refractivity contribution >= 4 is 27.4 Å². The highest BCUT2D eigenvalue weighted by atomic mass is 32.2. The molecule has 0 unspecified atom stereocenters. The van der Waals surface area contributed by atoms with Gasteiger partial charge in [-0.25, -0.2) is 13.2 Å². The summed E-state index contributed by atoms with van der Waals surface area (Å²) in [5.74, 6) is 0. The van der Waals surface area contributed by atoms with E-state index in [-0.39, 0.29) is 6.03 Å². The Bertz CT molecular complexity index is 774. The van der Waals surface area contributed by atoms with Gasteiger partial charge in [-0.15, -0.1) is 0 Å². The van der Waals surface area contributed by atoms with Crippen molar-refractivity contribution in [2.75, 3.05) is 22.8 Å². The number of rotatable bonds is 6. The zero-order valence-corrected chi connectivity index (χ0v) is 14.5. The average molecular weight is 347 g/mol. The first-order valence-electron chi connectivity index (χ1n) is 7.55. The summed E-state index contributed by atoms with van der Waals surface area (Å²) in [6, 6.07) is 16.1. The second-order valence-corrected chi connectivity index (χ2v) is 7.13. The van der Waals surface area contributed by atoms with Crippen LogP contribution in [0.5, 0.6) is 0 Å². The van der Waals surface area contributed by atoms with Crippen molar-refractivity contribution < 1.29 is 13.2 Å². The number of urea groups is 1. The van der Waals surface area contributed by atoms with Crippen LogP contribution in [0.3, 0.4) is 0 Å². The molecule has 0 aliphatic heterocycles. The molecule has 0 aliphatic carbocycles. The molecular formula is C17H21N3O3S. The number of carbonyl (C=O) groups excluding carboxylic acids is 1. The van der Waals surface area contributed by atoms with Gasteiger partial charge >= 0.3 is 6.03 Å². The van der Waals surface area contributed by atoms with E-state index in [4.69, 9.17) is 0 Å². The van der Waals surface area contributed by atoms with Gasteiger partial charge in [0.1, 0.15) is 0 Å². The number of nitrogens with one attached hydrogen (secondary N) is 2. The lowest BCUT2D eigenvalue weighted by Gasteiger charge is -2.21. The fourth-order valence-electron chi connectivity index (χ4n) is 2.17. The van der Waals surface area contributed by atoms with E-state index < -0.39 is 10.0 Å². The summed E-state index contributed by atoms with van der Waals surface area (Å²) in [5, 5.41) is 2.81. The zero-order chi connectivity index (χ0) is 17.6. The Kier molecular flexibility index (Phi) is 5.81. The molecular weight excluding hydrogens is 326 g/mol. The number of hydrogen-bond donors (Lipinski definition) is 2. The van der Waals surface area contributed by atoms with E-state index in [1.807, 2.05) is 37.3 Å². The number of benzene rings is 2. The molecule has 0 fully saturated rings. The topological polar surface area (TPSA) is 78.5 Å². The fourth-order valence-corrected chi connectivity index (χ4v) is 2.73. The Hall–Kier alpha value is -2.54. The van der Waals surface area contributed by atoms with Gasteiger partial charge in [-0.05, 0) is 36.8 Å². The quantitative estimate of drug-likeness (QED) is 0.843. The second kappa shape index (κ2) is 7.83. The van der Waals surface area contributed by atoms with Gasteiger partial charge < -0.3 is 10.2 Å². The zero-order valence-electron chi connectivity index (χ0n) is 13.7. The largest absolute Gasteiger partial charge is 0.322 e. The van der Waals surface area contributed by atoms with Crippen molar-refractivity contribution in [3.05, 3.63) is 60.2 Å². The van der Waals surface area contributed by atoms with Crippen LogP contribution in [0.2, 0.25) is 0 Å². The van der Waals surface area contributed by atoms with Crippen molar-refractivity contribution in [1.29, 1.82) is 0 Å². The molecule has 0 spiro atoms. The molecule has 2 aromatic carbocycles. The van der Waals surface area contributed by atoms with Gasteiger partial charge in [0.25, 0.3) is 0 Å². The number of hydrogen-bond acceptors (Lipinski definition) is 3. The van der Waals surface area contributed by atoms with Crippen LogP contribution in [-0.2, 0) is 16.6 Å². The molecule has 24 heavy (non-hydrogen) atoms. The lowest BCUT2D eigenvalue weighted by molar-refractivity contribution is 0.212. The van der Waals surface area contributed by atoms with E-state index in [0.29, 0.717) is 24.5 Å². The van der Waals surface area contributed by atoms with Gasteiger partial charge in [0.05, 0.1) is 6.26 Å². The van der Waals surface area contributed by atoms with E-state index in [1.54, 1.807) is 29.2 Å².